The second-order valence-electron chi connectivity index (χ2n) is 4.45. The van der Waals surface area contributed by atoms with E-state index in [4.69, 9.17) is 5.73 Å². The van der Waals surface area contributed by atoms with Crippen LogP contribution in [0.2, 0.25) is 0 Å². The summed E-state index contributed by atoms with van der Waals surface area (Å²) in [4.78, 5) is 0. The minimum absolute atomic E-state index is 0.105. The number of hydrogen-bond donors (Lipinski definition) is 1. The van der Waals surface area contributed by atoms with Crippen LogP contribution in [0.25, 0.3) is 0 Å². The van der Waals surface area contributed by atoms with Gasteiger partial charge in [-0.15, -0.1) is 0 Å². The van der Waals surface area contributed by atoms with Crippen LogP contribution in [0, 0.1) is 17.6 Å². The molecule has 1 aromatic rings. The van der Waals surface area contributed by atoms with E-state index in [1.807, 2.05) is 0 Å². The summed E-state index contributed by atoms with van der Waals surface area (Å²) >= 11 is 0. The molecule has 0 radical (unpaired) electrons. The fourth-order valence-electron chi connectivity index (χ4n) is 1.75. The van der Waals surface area contributed by atoms with E-state index in [1.165, 1.54) is 6.07 Å². The van der Waals surface area contributed by atoms with Gasteiger partial charge in [-0.05, 0) is 42.5 Å². The lowest BCUT2D eigenvalue weighted by atomic mass is 9.95. The summed E-state index contributed by atoms with van der Waals surface area (Å²) < 4.78 is 26.2. The summed E-state index contributed by atoms with van der Waals surface area (Å²) in [6, 6.07) is 3.40. The van der Waals surface area contributed by atoms with E-state index in [0.717, 1.165) is 25.0 Å². The van der Waals surface area contributed by atoms with Crippen LogP contribution >= 0.6 is 0 Å². The highest BCUT2D eigenvalue weighted by atomic mass is 19.1. The van der Waals surface area contributed by atoms with Crippen molar-refractivity contribution in [3.8, 4) is 0 Å². The first-order valence-electron chi connectivity index (χ1n) is 5.72. The quantitative estimate of drug-likeness (QED) is 0.820. The van der Waals surface area contributed by atoms with Gasteiger partial charge in [0.25, 0.3) is 0 Å². The second kappa shape index (κ2) is 5.94. The normalized spacial score (nSPS) is 14.8. The molecule has 90 valence electrons. The van der Waals surface area contributed by atoms with E-state index < -0.39 is 5.82 Å². The molecule has 0 fully saturated rings. The lowest BCUT2D eigenvalue weighted by Crippen LogP contribution is -2.25. The highest BCUT2D eigenvalue weighted by Gasteiger charge is 2.11. The molecular formula is C13H19F2N. The standard InChI is InChI=1S/C13H19F2N/c1-3-9(2)6-12(16)8-10-7-11(14)4-5-13(10)15/h4-5,7,9,12H,3,6,8,16H2,1-2H3. The van der Waals surface area contributed by atoms with Gasteiger partial charge < -0.3 is 5.73 Å². The van der Waals surface area contributed by atoms with Crippen molar-refractivity contribution in [2.75, 3.05) is 0 Å². The SMILES string of the molecule is CCC(C)CC(N)Cc1cc(F)ccc1F. The average molecular weight is 227 g/mol. The van der Waals surface area contributed by atoms with Crippen LogP contribution in [-0.2, 0) is 6.42 Å². The van der Waals surface area contributed by atoms with Gasteiger partial charge >= 0.3 is 0 Å². The van der Waals surface area contributed by atoms with E-state index in [0.29, 0.717) is 17.9 Å². The van der Waals surface area contributed by atoms with Crippen molar-refractivity contribution in [1.82, 2.24) is 0 Å². The molecule has 0 aromatic heterocycles. The Morgan fingerprint density at radius 1 is 1.31 bits per heavy atom. The van der Waals surface area contributed by atoms with Crippen molar-refractivity contribution < 1.29 is 8.78 Å². The first-order chi connectivity index (χ1) is 7.52. The van der Waals surface area contributed by atoms with Crippen LogP contribution in [0.3, 0.4) is 0 Å². The molecule has 0 aliphatic heterocycles. The minimum atomic E-state index is -0.410. The van der Waals surface area contributed by atoms with Gasteiger partial charge in [0.05, 0.1) is 0 Å². The molecule has 3 heteroatoms. The molecular weight excluding hydrogens is 208 g/mol. The fourth-order valence-corrected chi connectivity index (χ4v) is 1.75. The number of benzene rings is 1. The average Bonchev–Trinajstić information content (AvgIpc) is 2.23. The number of hydrogen-bond acceptors (Lipinski definition) is 1. The molecule has 0 aliphatic carbocycles. The fraction of sp³-hybridized carbons (Fsp3) is 0.538. The highest BCUT2D eigenvalue weighted by molar-refractivity contribution is 5.19. The Bertz CT molecular complexity index is 339. The van der Waals surface area contributed by atoms with Crippen molar-refractivity contribution in [2.45, 2.75) is 39.2 Å². The number of nitrogens with two attached hydrogens (primary N) is 1. The van der Waals surface area contributed by atoms with Crippen LogP contribution in [0.5, 0.6) is 0 Å². The van der Waals surface area contributed by atoms with Gasteiger partial charge in [0, 0.05) is 6.04 Å². The molecule has 0 spiro atoms. The summed E-state index contributed by atoms with van der Waals surface area (Å²) in [6.07, 6.45) is 2.29. The first kappa shape index (κ1) is 13.1. The monoisotopic (exact) mass is 227 g/mol. The van der Waals surface area contributed by atoms with Crippen LogP contribution in [-0.4, -0.2) is 6.04 Å². The minimum Gasteiger partial charge on any atom is -0.327 e. The highest BCUT2D eigenvalue weighted by Crippen LogP contribution is 2.15. The van der Waals surface area contributed by atoms with E-state index in [1.54, 1.807) is 0 Å². The molecule has 0 saturated carbocycles. The molecule has 2 atom stereocenters. The van der Waals surface area contributed by atoms with Gasteiger partial charge in [0.1, 0.15) is 11.6 Å². The summed E-state index contributed by atoms with van der Waals surface area (Å²) in [6.45, 7) is 4.21. The zero-order chi connectivity index (χ0) is 12.1. The maximum Gasteiger partial charge on any atom is 0.126 e. The number of halogens is 2. The van der Waals surface area contributed by atoms with E-state index in [-0.39, 0.29) is 11.9 Å². The van der Waals surface area contributed by atoms with Crippen LogP contribution in [0.15, 0.2) is 18.2 Å². The number of rotatable bonds is 5. The zero-order valence-corrected chi connectivity index (χ0v) is 9.84. The van der Waals surface area contributed by atoms with Crippen LogP contribution in [0.4, 0.5) is 8.78 Å². The van der Waals surface area contributed by atoms with Crippen molar-refractivity contribution in [1.29, 1.82) is 0 Å². The predicted octanol–water partition coefficient (Wildman–Crippen LogP) is 3.27. The largest absolute Gasteiger partial charge is 0.327 e. The molecule has 2 N–H and O–H groups in total. The van der Waals surface area contributed by atoms with Gasteiger partial charge in [0.2, 0.25) is 0 Å². The Morgan fingerprint density at radius 2 is 2.00 bits per heavy atom. The summed E-state index contributed by atoms with van der Waals surface area (Å²) in [7, 11) is 0. The van der Waals surface area contributed by atoms with Gasteiger partial charge in [-0.3, -0.25) is 0 Å². The maximum absolute atomic E-state index is 13.3. The van der Waals surface area contributed by atoms with E-state index >= 15 is 0 Å². The zero-order valence-electron chi connectivity index (χ0n) is 9.84. The third-order valence-corrected chi connectivity index (χ3v) is 2.89. The van der Waals surface area contributed by atoms with Crippen molar-refractivity contribution in [3.05, 3.63) is 35.4 Å². The lowest BCUT2D eigenvalue weighted by Gasteiger charge is -2.16. The molecule has 2 unspecified atom stereocenters. The van der Waals surface area contributed by atoms with Crippen molar-refractivity contribution in [3.63, 3.8) is 0 Å². The molecule has 1 aromatic carbocycles. The van der Waals surface area contributed by atoms with E-state index in [9.17, 15) is 8.78 Å². The van der Waals surface area contributed by atoms with Gasteiger partial charge in [-0.25, -0.2) is 8.78 Å². The Balaban J connectivity index is 2.61. The van der Waals surface area contributed by atoms with Crippen LogP contribution in [0.1, 0.15) is 32.3 Å². The molecule has 0 amide bonds. The Morgan fingerprint density at radius 3 is 2.62 bits per heavy atom. The lowest BCUT2D eigenvalue weighted by molar-refractivity contribution is 0.445. The third-order valence-electron chi connectivity index (χ3n) is 2.89. The van der Waals surface area contributed by atoms with Crippen LogP contribution < -0.4 is 5.73 Å². The van der Waals surface area contributed by atoms with E-state index in [2.05, 4.69) is 13.8 Å². The topological polar surface area (TPSA) is 26.0 Å². The third kappa shape index (κ3) is 3.89. The van der Waals surface area contributed by atoms with Crippen molar-refractivity contribution in [2.24, 2.45) is 11.7 Å². The predicted molar refractivity (Wildman–Crippen MR) is 62.1 cm³/mol. The Labute approximate surface area is 95.7 Å². The molecule has 0 heterocycles. The molecule has 1 rings (SSSR count). The Hall–Kier alpha value is -0.960. The molecule has 0 saturated heterocycles. The van der Waals surface area contributed by atoms with Crippen molar-refractivity contribution >= 4 is 0 Å². The summed E-state index contributed by atoms with van der Waals surface area (Å²) in [5.41, 5.74) is 6.28. The summed E-state index contributed by atoms with van der Waals surface area (Å²) in [5, 5.41) is 0. The summed E-state index contributed by atoms with van der Waals surface area (Å²) in [5.74, 6) is -0.264. The van der Waals surface area contributed by atoms with Gasteiger partial charge in [-0.1, -0.05) is 20.3 Å². The second-order valence-corrected chi connectivity index (χ2v) is 4.45. The molecule has 0 bridgehead atoms. The Kier molecular flexibility index (Phi) is 4.87. The van der Waals surface area contributed by atoms with Gasteiger partial charge in [0.15, 0.2) is 0 Å². The maximum atomic E-state index is 13.3. The smallest absolute Gasteiger partial charge is 0.126 e. The molecule has 1 nitrogen and oxygen atoms in total. The first-order valence-corrected chi connectivity index (χ1v) is 5.72. The molecule has 0 aliphatic rings. The van der Waals surface area contributed by atoms with Gasteiger partial charge in [-0.2, -0.15) is 0 Å². The molecule has 16 heavy (non-hydrogen) atoms.